The van der Waals surface area contributed by atoms with Gasteiger partial charge in [-0.25, -0.2) is 0 Å². The Labute approximate surface area is 236 Å². The van der Waals surface area contributed by atoms with Crippen molar-refractivity contribution in [3.05, 3.63) is 65.7 Å². The normalized spacial score (nSPS) is 15.0. The Kier molecular flexibility index (Phi) is 15.3. The van der Waals surface area contributed by atoms with Crippen LogP contribution in [-0.4, -0.2) is 43.7 Å². The summed E-state index contributed by atoms with van der Waals surface area (Å²) in [5.74, 6) is 1.80. The van der Waals surface area contributed by atoms with E-state index < -0.39 is 0 Å². The summed E-state index contributed by atoms with van der Waals surface area (Å²) in [6.07, 6.45) is 5.52. The molecule has 2 aromatic carbocycles. The topological polar surface area (TPSA) is 76.7 Å². The first-order valence-electron chi connectivity index (χ1n) is 14.7. The molecule has 2 N–H and O–H groups in total. The molecule has 2 aromatic rings. The van der Waals surface area contributed by atoms with E-state index in [1.807, 2.05) is 56.3 Å². The highest BCUT2D eigenvalue weighted by Crippen LogP contribution is 2.16. The zero-order chi connectivity index (χ0) is 28.5. The van der Waals surface area contributed by atoms with Gasteiger partial charge in [0, 0.05) is 31.2 Å². The predicted octanol–water partition coefficient (Wildman–Crippen LogP) is 6.26. The molecule has 216 valence electrons. The van der Waals surface area contributed by atoms with Crippen LogP contribution >= 0.6 is 0 Å². The summed E-state index contributed by atoms with van der Waals surface area (Å²) < 4.78 is 11.1. The fraction of sp³-hybridized carbons (Fsp3) is 0.576. The predicted molar refractivity (Wildman–Crippen MR) is 159 cm³/mol. The molecule has 6 nitrogen and oxygen atoms in total. The molecule has 0 aromatic heterocycles. The Morgan fingerprint density at radius 1 is 0.949 bits per heavy atom. The molecule has 1 aliphatic heterocycles. The molecule has 6 heteroatoms. The lowest BCUT2D eigenvalue weighted by atomic mass is 9.97. The van der Waals surface area contributed by atoms with Crippen molar-refractivity contribution in [3.8, 4) is 5.75 Å². The molecular weight excluding hydrogens is 488 g/mol. The van der Waals surface area contributed by atoms with Gasteiger partial charge in [0.05, 0.1) is 13.0 Å². The first-order valence-corrected chi connectivity index (χ1v) is 14.7. The van der Waals surface area contributed by atoms with Gasteiger partial charge in [-0.2, -0.15) is 0 Å². The van der Waals surface area contributed by atoms with E-state index in [9.17, 15) is 9.59 Å². The van der Waals surface area contributed by atoms with Crippen molar-refractivity contribution in [1.82, 2.24) is 10.6 Å². The van der Waals surface area contributed by atoms with Gasteiger partial charge in [-0.1, -0.05) is 75.2 Å². The monoisotopic (exact) mass is 538 g/mol. The average Bonchev–Trinajstić information content (AvgIpc) is 2.94. The fourth-order valence-electron chi connectivity index (χ4n) is 4.16. The average molecular weight is 539 g/mol. The van der Waals surface area contributed by atoms with E-state index in [0.717, 1.165) is 43.8 Å². The number of aryl methyl sites for hydroxylation is 1. The van der Waals surface area contributed by atoms with Crippen molar-refractivity contribution in [2.45, 2.75) is 91.6 Å². The summed E-state index contributed by atoms with van der Waals surface area (Å²) in [7, 11) is 0. The van der Waals surface area contributed by atoms with E-state index in [2.05, 4.69) is 43.5 Å². The molecule has 0 aliphatic carbocycles. The van der Waals surface area contributed by atoms with Crippen LogP contribution in [0.15, 0.2) is 54.6 Å². The van der Waals surface area contributed by atoms with Crippen LogP contribution in [0.3, 0.4) is 0 Å². The molecule has 1 aliphatic rings. The van der Waals surface area contributed by atoms with Gasteiger partial charge in [-0.15, -0.1) is 0 Å². The number of carbonyl (C=O) groups excluding carboxylic acids is 2. The highest BCUT2D eigenvalue weighted by atomic mass is 16.5. The highest BCUT2D eigenvalue weighted by molar-refractivity contribution is 5.79. The van der Waals surface area contributed by atoms with E-state index in [-0.39, 0.29) is 29.8 Å². The molecule has 0 radical (unpaired) electrons. The van der Waals surface area contributed by atoms with Crippen molar-refractivity contribution >= 4 is 11.8 Å². The molecule has 1 saturated heterocycles. The van der Waals surface area contributed by atoms with Crippen LogP contribution in [0.25, 0.3) is 0 Å². The second-order valence-electron chi connectivity index (χ2n) is 11.0. The summed E-state index contributed by atoms with van der Waals surface area (Å²) in [6, 6.07) is 18.1. The zero-order valence-electron chi connectivity index (χ0n) is 24.7. The van der Waals surface area contributed by atoms with E-state index in [0.29, 0.717) is 26.2 Å². The maximum atomic E-state index is 12.6. The first-order chi connectivity index (χ1) is 18.8. The number of rotatable bonds is 13. The van der Waals surface area contributed by atoms with Gasteiger partial charge in [0.15, 0.2) is 0 Å². The number of benzene rings is 2. The largest absolute Gasteiger partial charge is 0.493 e. The summed E-state index contributed by atoms with van der Waals surface area (Å²) in [4.78, 5) is 25.2. The number of ether oxygens (including phenoxy) is 2. The van der Waals surface area contributed by atoms with Crippen molar-refractivity contribution in [2.75, 3.05) is 19.8 Å². The molecule has 39 heavy (non-hydrogen) atoms. The van der Waals surface area contributed by atoms with E-state index in [1.165, 1.54) is 17.5 Å². The standard InChI is InChI=1S/C28H38N2O4.C5H12/c1-21-8-12-26(13-9-21)34-19-16-27(31)30-25(20-23-6-4-3-5-7-23)11-10-22(2)29-28(32)24-14-17-33-18-15-24;1-4-5(2)3/h3-9,12-13,22,24-25H,10-11,14-20H2,1-2H3,(H,29,32)(H,30,31);5H,4H2,1-3H3. The van der Waals surface area contributed by atoms with Crippen LogP contribution in [0.2, 0.25) is 0 Å². The second kappa shape index (κ2) is 18.4. The van der Waals surface area contributed by atoms with Crippen LogP contribution in [0.1, 0.15) is 77.3 Å². The fourth-order valence-corrected chi connectivity index (χ4v) is 4.16. The van der Waals surface area contributed by atoms with Crippen LogP contribution in [-0.2, 0) is 20.7 Å². The number of amides is 2. The van der Waals surface area contributed by atoms with Gasteiger partial charge >= 0.3 is 0 Å². The number of hydrogen-bond donors (Lipinski definition) is 2. The quantitative estimate of drug-likeness (QED) is 0.316. The molecule has 2 atom stereocenters. The highest BCUT2D eigenvalue weighted by Gasteiger charge is 2.23. The number of carbonyl (C=O) groups is 2. The van der Waals surface area contributed by atoms with Crippen LogP contribution in [0.5, 0.6) is 5.75 Å². The Balaban J connectivity index is 0.000000976. The van der Waals surface area contributed by atoms with Gasteiger partial charge < -0.3 is 20.1 Å². The number of nitrogens with one attached hydrogen (secondary N) is 2. The minimum Gasteiger partial charge on any atom is -0.493 e. The molecule has 1 fully saturated rings. The van der Waals surface area contributed by atoms with E-state index >= 15 is 0 Å². The molecule has 3 rings (SSSR count). The third-order valence-corrected chi connectivity index (χ3v) is 7.05. The van der Waals surface area contributed by atoms with Crippen molar-refractivity contribution in [3.63, 3.8) is 0 Å². The Morgan fingerprint density at radius 3 is 2.21 bits per heavy atom. The maximum absolute atomic E-state index is 12.6. The maximum Gasteiger partial charge on any atom is 0.223 e. The third kappa shape index (κ3) is 14.2. The van der Waals surface area contributed by atoms with Crippen molar-refractivity contribution < 1.29 is 19.1 Å². The Morgan fingerprint density at radius 2 is 1.59 bits per heavy atom. The van der Waals surface area contributed by atoms with Crippen LogP contribution in [0, 0.1) is 18.8 Å². The van der Waals surface area contributed by atoms with Crippen molar-refractivity contribution in [2.24, 2.45) is 11.8 Å². The Hall–Kier alpha value is -2.86. The lowest BCUT2D eigenvalue weighted by molar-refractivity contribution is -0.128. The SMILES string of the molecule is CCC(C)C.Cc1ccc(OCCC(=O)NC(CCC(C)NC(=O)C2CCOCC2)Cc2ccccc2)cc1. The molecular formula is C33H50N2O4. The molecule has 0 spiro atoms. The van der Waals surface area contributed by atoms with Gasteiger partial charge in [-0.3, -0.25) is 9.59 Å². The van der Waals surface area contributed by atoms with Gasteiger partial charge in [0.1, 0.15) is 5.75 Å². The lowest BCUT2D eigenvalue weighted by Crippen LogP contribution is -2.41. The number of hydrogen-bond acceptors (Lipinski definition) is 4. The van der Waals surface area contributed by atoms with Gasteiger partial charge in [-0.05, 0) is 69.6 Å². The van der Waals surface area contributed by atoms with Gasteiger partial charge in [0.2, 0.25) is 11.8 Å². The van der Waals surface area contributed by atoms with E-state index in [4.69, 9.17) is 9.47 Å². The minimum atomic E-state index is -0.0214. The van der Waals surface area contributed by atoms with Crippen LogP contribution < -0.4 is 15.4 Å². The lowest BCUT2D eigenvalue weighted by Gasteiger charge is -2.25. The molecule has 0 bridgehead atoms. The van der Waals surface area contributed by atoms with Crippen molar-refractivity contribution in [1.29, 1.82) is 0 Å². The van der Waals surface area contributed by atoms with Gasteiger partial charge in [0.25, 0.3) is 0 Å². The molecule has 2 amide bonds. The first kappa shape index (κ1) is 32.4. The van der Waals surface area contributed by atoms with E-state index in [1.54, 1.807) is 0 Å². The third-order valence-electron chi connectivity index (χ3n) is 7.05. The van der Waals surface area contributed by atoms with Crippen LogP contribution in [0.4, 0.5) is 0 Å². The summed E-state index contributed by atoms with van der Waals surface area (Å²) >= 11 is 0. The second-order valence-corrected chi connectivity index (χ2v) is 11.0. The smallest absolute Gasteiger partial charge is 0.223 e. The summed E-state index contributed by atoms with van der Waals surface area (Å²) in [5.41, 5.74) is 2.36. The zero-order valence-corrected chi connectivity index (χ0v) is 24.7. The molecule has 1 heterocycles. The summed E-state index contributed by atoms with van der Waals surface area (Å²) in [6.45, 7) is 12.4. The Bertz CT molecular complexity index is 940. The minimum absolute atomic E-state index is 0.00305. The summed E-state index contributed by atoms with van der Waals surface area (Å²) in [5, 5.41) is 6.34. The molecule has 2 unspecified atom stereocenters. The molecule has 0 saturated carbocycles.